The summed E-state index contributed by atoms with van der Waals surface area (Å²) in [4.78, 5) is 4.38. The molecule has 126 valence electrons. The van der Waals surface area contributed by atoms with E-state index in [0.717, 1.165) is 6.42 Å². The number of hydrogen-bond acceptors (Lipinski definition) is 6. The number of nitrogens with zero attached hydrogens (tertiary/aromatic N) is 4. The number of hydrogen-bond donors (Lipinski definition) is 0. The van der Waals surface area contributed by atoms with Crippen LogP contribution in [0.5, 0.6) is 0 Å². The summed E-state index contributed by atoms with van der Waals surface area (Å²) < 4.78 is 32.4. The molecule has 3 rings (SSSR count). The molecule has 1 fully saturated rings. The summed E-state index contributed by atoms with van der Waals surface area (Å²) in [5, 5.41) is 13.1. The van der Waals surface area contributed by atoms with E-state index in [-0.39, 0.29) is 16.4 Å². The molecule has 0 amide bonds. The average molecular weight is 346 g/mol. The molecule has 1 aromatic carbocycles. The zero-order valence-corrected chi connectivity index (χ0v) is 14.2. The van der Waals surface area contributed by atoms with Gasteiger partial charge in [0.25, 0.3) is 0 Å². The lowest BCUT2D eigenvalue weighted by Crippen LogP contribution is -2.39. The van der Waals surface area contributed by atoms with Gasteiger partial charge < -0.3 is 4.52 Å². The highest BCUT2D eigenvalue weighted by Crippen LogP contribution is 2.29. The van der Waals surface area contributed by atoms with E-state index in [4.69, 9.17) is 4.52 Å². The standard InChI is InChI=1S/C16H18N4O3S/c1-2-15-18-16(19-23-15)13-7-5-9-20(11-13)24(21,22)14-8-4-3-6-12(14)10-17/h3-4,6,8,13H,2,5,7,9,11H2,1H3/t13-/m1/s1. The minimum absolute atomic E-state index is 0.0514. The first-order valence-electron chi connectivity index (χ1n) is 7.88. The van der Waals surface area contributed by atoms with Gasteiger partial charge in [-0.15, -0.1) is 0 Å². The fourth-order valence-corrected chi connectivity index (χ4v) is 4.54. The molecular weight excluding hydrogens is 328 g/mol. The summed E-state index contributed by atoms with van der Waals surface area (Å²) in [7, 11) is -3.72. The predicted molar refractivity (Wildman–Crippen MR) is 85.6 cm³/mol. The van der Waals surface area contributed by atoms with Gasteiger partial charge in [-0.2, -0.15) is 14.6 Å². The van der Waals surface area contributed by atoms with Crippen LogP contribution in [0.25, 0.3) is 0 Å². The van der Waals surface area contributed by atoms with Crippen LogP contribution in [0.4, 0.5) is 0 Å². The first-order chi connectivity index (χ1) is 11.6. The minimum atomic E-state index is -3.72. The van der Waals surface area contributed by atoms with Crippen LogP contribution in [-0.4, -0.2) is 36.0 Å². The second-order valence-electron chi connectivity index (χ2n) is 5.71. The van der Waals surface area contributed by atoms with E-state index in [9.17, 15) is 13.7 Å². The molecule has 0 N–H and O–H groups in total. The van der Waals surface area contributed by atoms with Crippen LogP contribution in [0, 0.1) is 11.3 Å². The Labute approximate surface area is 141 Å². The third kappa shape index (κ3) is 3.05. The number of piperidine rings is 1. The van der Waals surface area contributed by atoms with Gasteiger partial charge in [0, 0.05) is 25.4 Å². The fraction of sp³-hybridized carbons (Fsp3) is 0.438. The Morgan fingerprint density at radius 1 is 1.42 bits per heavy atom. The van der Waals surface area contributed by atoms with Crippen molar-refractivity contribution in [3.8, 4) is 6.07 Å². The average Bonchev–Trinajstić information content (AvgIpc) is 3.11. The van der Waals surface area contributed by atoms with Crippen LogP contribution < -0.4 is 0 Å². The maximum atomic E-state index is 12.9. The van der Waals surface area contributed by atoms with Gasteiger partial charge in [0.1, 0.15) is 6.07 Å². The van der Waals surface area contributed by atoms with Crippen LogP contribution in [0.15, 0.2) is 33.7 Å². The topological polar surface area (TPSA) is 100 Å². The highest BCUT2D eigenvalue weighted by Gasteiger charge is 2.34. The molecule has 0 spiro atoms. The van der Waals surface area contributed by atoms with Crippen molar-refractivity contribution in [2.24, 2.45) is 0 Å². The quantitative estimate of drug-likeness (QED) is 0.840. The molecule has 0 radical (unpaired) electrons. The summed E-state index contributed by atoms with van der Waals surface area (Å²) in [6.45, 7) is 2.65. The van der Waals surface area contributed by atoms with Gasteiger partial charge in [0.05, 0.1) is 10.5 Å². The lowest BCUT2D eigenvalue weighted by atomic mass is 9.99. The summed E-state index contributed by atoms with van der Waals surface area (Å²) in [5.74, 6) is 1.02. The number of aromatic nitrogens is 2. The smallest absolute Gasteiger partial charge is 0.244 e. The maximum absolute atomic E-state index is 12.9. The Morgan fingerprint density at radius 2 is 2.21 bits per heavy atom. The molecule has 0 unspecified atom stereocenters. The molecule has 2 aromatic rings. The van der Waals surface area contributed by atoms with E-state index in [0.29, 0.717) is 37.6 Å². The molecule has 0 bridgehead atoms. The van der Waals surface area contributed by atoms with Gasteiger partial charge in [0.15, 0.2) is 5.82 Å². The van der Waals surface area contributed by atoms with Gasteiger partial charge in [-0.3, -0.25) is 0 Å². The number of rotatable bonds is 4. The molecule has 0 saturated carbocycles. The molecule has 24 heavy (non-hydrogen) atoms. The largest absolute Gasteiger partial charge is 0.339 e. The lowest BCUT2D eigenvalue weighted by molar-refractivity contribution is 0.300. The highest BCUT2D eigenvalue weighted by molar-refractivity contribution is 7.89. The Balaban J connectivity index is 1.87. The summed E-state index contributed by atoms with van der Waals surface area (Å²) in [5.41, 5.74) is 0.160. The molecule has 1 aliphatic heterocycles. The Bertz CT molecular complexity index is 869. The molecule has 1 saturated heterocycles. The molecule has 0 aliphatic carbocycles. The second kappa shape index (κ2) is 6.71. The van der Waals surface area contributed by atoms with Gasteiger partial charge in [-0.05, 0) is 25.0 Å². The van der Waals surface area contributed by atoms with Crippen molar-refractivity contribution in [2.75, 3.05) is 13.1 Å². The number of benzene rings is 1. The van der Waals surface area contributed by atoms with E-state index in [1.807, 2.05) is 13.0 Å². The molecule has 7 nitrogen and oxygen atoms in total. The Morgan fingerprint density at radius 3 is 2.92 bits per heavy atom. The fourth-order valence-electron chi connectivity index (χ4n) is 2.87. The van der Waals surface area contributed by atoms with Crippen molar-refractivity contribution in [3.05, 3.63) is 41.5 Å². The minimum Gasteiger partial charge on any atom is -0.339 e. The van der Waals surface area contributed by atoms with Crippen molar-refractivity contribution in [3.63, 3.8) is 0 Å². The Kier molecular flexibility index (Phi) is 4.64. The monoisotopic (exact) mass is 346 g/mol. The van der Waals surface area contributed by atoms with Crippen molar-refractivity contribution >= 4 is 10.0 Å². The van der Waals surface area contributed by atoms with Gasteiger partial charge in [-0.25, -0.2) is 8.42 Å². The SMILES string of the molecule is CCc1nc([C@@H]2CCCN(S(=O)(=O)c3ccccc3C#N)C2)no1. The van der Waals surface area contributed by atoms with Crippen LogP contribution >= 0.6 is 0 Å². The second-order valence-corrected chi connectivity index (χ2v) is 7.62. The van der Waals surface area contributed by atoms with E-state index in [1.54, 1.807) is 12.1 Å². The molecule has 1 aromatic heterocycles. The molecule has 1 atom stereocenters. The highest BCUT2D eigenvalue weighted by atomic mass is 32.2. The van der Waals surface area contributed by atoms with E-state index in [1.165, 1.54) is 16.4 Å². The maximum Gasteiger partial charge on any atom is 0.244 e. The third-order valence-corrected chi connectivity index (χ3v) is 6.08. The van der Waals surface area contributed by atoms with E-state index >= 15 is 0 Å². The Hall–Kier alpha value is -2.24. The van der Waals surface area contributed by atoms with Crippen LogP contribution in [0.1, 0.15) is 43.0 Å². The molecule has 8 heteroatoms. The predicted octanol–water partition coefficient (Wildman–Crippen LogP) is 2.07. The van der Waals surface area contributed by atoms with Gasteiger partial charge >= 0.3 is 0 Å². The molecular formula is C16H18N4O3S. The van der Waals surface area contributed by atoms with Crippen molar-refractivity contribution in [2.45, 2.75) is 37.0 Å². The number of aryl methyl sites for hydroxylation is 1. The summed E-state index contributed by atoms with van der Waals surface area (Å²) >= 11 is 0. The first-order valence-corrected chi connectivity index (χ1v) is 9.32. The van der Waals surface area contributed by atoms with Crippen LogP contribution in [-0.2, 0) is 16.4 Å². The molecule has 2 heterocycles. The lowest BCUT2D eigenvalue weighted by Gasteiger charge is -2.30. The summed E-state index contributed by atoms with van der Waals surface area (Å²) in [6, 6.07) is 8.22. The van der Waals surface area contributed by atoms with E-state index in [2.05, 4.69) is 10.1 Å². The van der Waals surface area contributed by atoms with E-state index < -0.39 is 10.0 Å². The third-order valence-electron chi connectivity index (χ3n) is 4.16. The van der Waals surface area contributed by atoms with Crippen LogP contribution in [0.3, 0.4) is 0 Å². The van der Waals surface area contributed by atoms with Gasteiger partial charge in [0.2, 0.25) is 15.9 Å². The van der Waals surface area contributed by atoms with Crippen molar-refractivity contribution in [1.82, 2.24) is 14.4 Å². The zero-order chi connectivity index (χ0) is 17.2. The summed E-state index contributed by atoms with van der Waals surface area (Å²) in [6.07, 6.45) is 2.18. The van der Waals surface area contributed by atoms with Crippen LogP contribution in [0.2, 0.25) is 0 Å². The number of sulfonamides is 1. The molecule has 1 aliphatic rings. The number of nitriles is 1. The first kappa shape index (κ1) is 16.6. The van der Waals surface area contributed by atoms with Crippen molar-refractivity contribution in [1.29, 1.82) is 5.26 Å². The van der Waals surface area contributed by atoms with Crippen molar-refractivity contribution < 1.29 is 12.9 Å². The normalized spacial score (nSPS) is 19.1. The zero-order valence-electron chi connectivity index (χ0n) is 13.3. The van der Waals surface area contributed by atoms with Gasteiger partial charge in [-0.1, -0.05) is 24.2 Å².